The number of aliphatic carboxylic acids is 1. The predicted molar refractivity (Wildman–Crippen MR) is 72.2 cm³/mol. The summed E-state index contributed by atoms with van der Waals surface area (Å²) < 4.78 is 5.97. The fraction of sp³-hybridized carbons (Fsp3) is 0.385. The van der Waals surface area contributed by atoms with Crippen LogP contribution in [0.15, 0.2) is 22.7 Å². The van der Waals surface area contributed by atoms with E-state index >= 15 is 0 Å². The third kappa shape index (κ3) is 2.96. The molecule has 0 aromatic heterocycles. The normalized spacial score (nSPS) is 19.3. The van der Waals surface area contributed by atoms with Crippen LogP contribution in [0.5, 0.6) is 0 Å². The number of amides is 1. The molecule has 1 aliphatic heterocycles. The van der Waals surface area contributed by atoms with E-state index in [0.29, 0.717) is 12.1 Å². The highest BCUT2D eigenvalue weighted by molar-refractivity contribution is 9.10. The van der Waals surface area contributed by atoms with E-state index in [9.17, 15) is 9.59 Å². The molecule has 6 heteroatoms. The molecule has 19 heavy (non-hydrogen) atoms. The van der Waals surface area contributed by atoms with E-state index in [2.05, 4.69) is 15.9 Å². The van der Waals surface area contributed by atoms with E-state index < -0.39 is 12.1 Å². The molecule has 0 aliphatic carbocycles. The van der Waals surface area contributed by atoms with Crippen LogP contribution in [0.2, 0.25) is 0 Å². The first-order valence-corrected chi connectivity index (χ1v) is 6.69. The van der Waals surface area contributed by atoms with Crippen molar-refractivity contribution < 1.29 is 19.4 Å². The van der Waals surface area contributed by atoms with Crippen molar-refractivity contribution in [3.05, 3.63) is 33.8 Å². The number of carbonyl (C=O) groups is 2. The minimum atomic E-state index is -1.04. The summed E-state index contributed by atoms with van der Waals surface area (Å²) in [4.78, 5) is 24.8. The fourth-order valence-electron chi connectivity index (χ4n) is 1.99. The Bertz CT molecular complexity index is 517. The zero-order chi connectivity index (χ0) is 14.0. The Balaban J connectivity index is 2.19. The molecule has 0 radical (unpaired) electrons. The summed E-state index contributed by atoms with van der Waals surface area (Å²) in [5, 5.41) is 8.94. The lowest BCUT2D eigenvalue weighted by atomic mass is 10.1. The molecule has 0 unspecified atom stereocenters. The number of benzene rings is 1. The van der Waals surface area contributed by atoms with Crippen LogP contribution in [0.25, 0.3) is 0 Å². The number of halogens is 1. The topological polar surface area (TPSA) is 66.8 Å². The van der Waals surface area contributed by atoms with Gasteiger partial charge < -0.3 is 14.7 Å². The quantitative estimate of drug-likeness (QED) is 0.897. The molecule has 5 nitrogen and oxygen atoms in total. The summed E-state index contributed by atoms with van der Waals surface area (Å²) in [6, 6.07) is 5.40. The van der Waals surface area contributed by atoms with E-state index in [1.807, 2.05) is 13.0 Å². The first-order valence-electron chi connectivity index (χ1n) is 5.89. The van der Waals surface area contributed by atoms with E-state index in [-0.39, 0.29) is 19.1 Å². The van der Waals surface area contributed by atoms with Crippen LogP contribution in [0, 0.1) is 6.92 Å². The van der Waals surface area contributed by atoms with Gasteiger partial charge in [-0.05, 0) is 24.6 Å². The van der Waals surface area contributed by atoms with Gasteiger partial charge in [-0.2, -0.15) is 0 Å². The van der Waals surface area contributed by atoms with Gasteiger partial charge in [-0.15, -0.1) is 0 Å². The van der Waals surface area contributed by atoms with Gasteiger partial charge in [0.2, 0.25) is 0 Å². The molecule has 2 rings (SSSR count). The molecule has 1 fully saturated rings. The molecule has 1 aliphatic rings. The van der Waals surface area contributed by atoms with Gasteiger partial charge >= 0.3 is 5.97 Å². The van der Waals surface area contributed by atoms with E-state index in [0.717, 1.165) is 10.0 Å². The number of rotatable bonds is 2. The zero-order valence-electron chi connectivity index (χ0n) is 10.4. The van der Waals surface area contributed by atoms with Gasteiger partial charge in [0.25, 0.3) is 5.91 Å². The highest BCUT2D eigenvalue weighted by Gasteiger charge is 2.30. The molecule has 102 valence electrons. The summed E-state index contributed by atoms with van der Waals surface area (Å²) in [6.07, 6.45) is -0.940. The molecule has 0 bridgehead atoms. The van der Waals surface area contributed by atoms with Crippen molar-refractivity contribution in [1.29, 1.82) is 0 Å². The molecular weight excluding hydrogens is 314 g/mol. The first kappa shape index (κ1) is 14.0. The van der Waals surface area contributed by atoms with Crippen molar-refractivity contribution in [1.82, 2.24) is 4.90 Å². The second-order valence-corrected chi connectivity index (χ2v) is 5.22. The van der Waals surface area contributed by atoms with Crippen LogP contribution in [0.1, 0.15) is 15.9 Å². The number of carboxylic acids is 1. The Kier molecular flexibility index (Phi) is 4.21. The largest absolute Gasteiger partial charge is 0.479 e. The Morgan fingerprint density at radius 2 is 2.21 bits per heavy atom. The zero-order valence-corrected chi connectivity index (χ0v) is 12.0. The van der Waals surface area contributed by atoms with Gasteiger partial charge in [0.15, 0.2) is 6.10 Å². The number of morpholine rings is 1. The summed E-state index contributed by atoms with van der Waals surface area (Å²) in [5.41, 5.74) is 1.44. The van der Waals surface area contributed by atoms with Crippen molar-refractivity contribution in [2.24, 2.45) is 0 Å². The maximum atomic E-state index is 12.4. The van der Waals surface area contributed by atoms with Gasteiger partial charge in [-0.3, -0.25) is 4.79 Å². The van der Waals surface area contributed by atoms with Crippen molar-refractivity contribution in [3.8, 4) is 0 Å². The Hall–Kier alpha value is -1.40. The smallest absolute Gasteiger partial charge is 0.334 e. The number of nitrogens with zero attached hydrogens (tertiary/aromatic N) is 1. The molecular formula is C13H14BrNO4. The van der Waals surface area contributed by atoms with Crippen molar-refractivity contribution in [3.63, 3.8) is 0 Å². The van der Waals surface area contributed by atoms with Crippen molar-refractivity contribution in [2.45, 2.75) is 13.0 Å². The van der Waals surface area contributed by atoms with Crippen molar-refractivity contribution in [2.75, 3.05) is 19.7 Å². The maximum Gasteiger partial charge on any atom is 0.334 e. The van der Waals surface area contributed by atoms with Gasteiger partial charge in [0.1, 0.15) is 0 Å². The molecule has 0 spiro atoms. The fourth-order valence-corrected chi connectivity index (χ4v) is 2.36. The highest BCUT2D eigenvalue weighted by Crippen LogP contribution is 2.21. The van der Waals surface area contributed by atoms with Gasteiger partial charge in [0.05, 0.1) is 13.2 Å². The molecule has 1 amide bonds. The van der Waals surface area contributed by atoms with Crippen LogP contribution >= 0.6 is 15.9 Å². The average Bonchev–Trinajstić information content (AvgIpc) is 2.41. The van der Waals surface area contributed by atoms with E-state index in [1.54, 1.807) is 12.1 Å². The van der Waals surface area contributed by atoms with Crippen LogP contribution in [-0.2, 0) is 9.53 Å². The maximum absolute atomic E-state index is 12.4. The summed E-state index contributed by atoms with van der Waals surface area (Å²) >= 11 is 3.38. The number of ether oxygens (including phenoxy) is 1. The summed E-state index contributed by atoms with van der Waals surface area (Å²) in [7, 11) is 0. The first-order chi connectivity index (χ1) is 9.00. The lowest BCUT2D eigenvalue weighted by molar-refractivity contribution is -0.154. The number of carbonyl (C=O) groups excluding carboxylic acids is 1. The second-order valence-electron chi connectivity index (χ2n) is 4.36. The Morgan fingerprint density at radius 1 is 1.47 bits per heavy atom. The molecule has 1 saturated heterocycles. The summed E-state index contributed by atoms with van der Waals surface area (Å²) in [5.74, 6) is -1.20. The number of hydrogen-bond donors (Lipinski definition) is 1. The lowest BCUT2D eigenvalue weighted by Gasteiger charge is -2.31. The molecule has 0 saturated carbocycles. The predicted octanol–water partition coefficient (Wildman–Crippen LogP) is 1.68. The van der Waals surface area contributed by atoms with E-state index in [4.69, 9.17) is 9.84 Å². The second kappa shape index (κ2) is 5.71. The van der Waals surface area contributed by atoms with E-state index in [1.165, 1.54) is 4.90 Å². The molecule has 1 aromatic rings. The third-order valence-corrected chi connectivity index (χ3v) is 3.99. The van der Waals surface area contributed by atoms with Crippen LogP contribution in [0.3, 0.4) is 0 Å². The van der Waals surface area contributed by atoms with Crippen LogP contribution in [0.4, 0.5) is 0 Å². The Labute approximate surface area is 119 Å². The molecule has 1 aromatic carbocycles. The minimum absolute atomic E-state index is 0.0835. The SMILES string of the molecule is Cc1c(Br)cccc1C(=O)N1CCO[C@@H](C(=O)O)C1. The number of hydrogen-bond acceptors (Lipinski definition) is 3. The monoisotopic (exact) mass is 327 g/mol. The van der Waals surface area contributed by atoms with Crippen molar-refractivity contribution >= 4 is 27.8 Å². The summed E-state index contributed by atoms with van der Waals surface area (Å²) in [6.45, 7) is 2.59. The Morgan fingerprint density at radius 3 is 2.89 bits per heavy atom. The number of carboxylic acid groups (broad SMARTS) is 1. The van der Waals surface area contributed by atoms with Crippen LogP contribution in [-0.4, -0.2) is 47.7 Å². The van der Waals surface area contributed by atoms with Crippen LogP contribution < -0.4 is 0 Å². The molecule has 1 N–H and O–H groups in total. The van der Waals surface area contributed by atoms with Gasteiger partial charge in [0, 0.05) is 16.6 Å². The standard InChI is InChI=1S/C13H14BrNO4/c1-8-9(3-2-4-10(8)14)12(16)15-5-6-19-11(7-15)13(17)18/h2-4,11H,5-7H2,1H3,(H,17,18)/t11-/m1/s1. The molecule has 1 heterocycles. The average molecular weight is 328 g/mol. The van der Waals surface area contributed by atoms with Gasteiger partial charge in [-0.1, -0.05) is 22.0 Å². The minimum Gasteiger partial charge on any atom is -0.479 e. The third-order valence-electron chi connectivity index (χ3n) is 3.13. The van der Waals surface area contributed by atoms with Gasteiger partial charge in [-0.25, -0.2) is 4.79 Å². The molecule has 1 atom stereocenters. The highest BCUT2D eigenvalue weighted by atomic mass is 79.9. The lowest BCUT2D eigenvalue weighted by Crippen LogP contribution is -2.48.